The number of benzene rings is 3. The van der Waals surface area contributed by atoms with Crippen molar-refractivity contribution in [3.8, 4) is 11.5 Å². The Hall–Kier alpha value is -3.00. The Bertz CT molecular complexity index is 858. The van der Waals surface area contributed by atoms with Crippen molar-refractivity contribution in [2.45, 2.75) is 26.2 Å². The number of hydrogen-bond acceptors (Lipinski definition) is 2. The van der Waals surface area contributed by atoms with Crippen molar-refractivity contribution in [2.75, 3.05) is 0 Å². The van der Waals surface area contributed by atoms with E-state index in [0.29, 0.717) is 12.0 Å². The molecule has 0 aliphatic heterocycles. The molecule has 0 saturated carbocycles. The molecule has 0 bridgehead atoms. The summed E-state index contributed by atoms with van der Waals surface area (Å²) < 4.78 is 0. The molecule has 0 aromatic heterocycles. The molecule has 2 N–H and O–H groups in total. The molecule has 0 amide bonds. The van der Waals surface area contributed by atoms with Gasteiger partial charge < -0.3 is 10.2 Å². The molecule has 3 rings (SSSR count). The summed E-state index contributed by atoms with van der Waals surface area (Å²) in [7, 11) is 0. The largest absolute Gasteiger partial charge is 0.508 e. The molecule has 0 heterocycles. The van der Waals surface area contributed by atoms with Crippen molar-refractivity contribution in [1.82, 2.24) is 0 Å². The summed E-state index contributed by atoms with van der Waals surface area (Å²) in [5.74, 6) is 0.322. The minimum Gasteiger partial charge on any atom is -0.508 e. The second-order valence-electron chi connectivity index (χ2n) is 6.49. The zero-order valence-corrected chi connectivity index (χ0v) is 15.0. The van der Waals surface area contributed by atoms with Gasteiger partial charge in [0.25, 0.3) is 0 Å². The highest BCUT2D eigenvalue weighted by atomic mass is 16.3. The zero-order chi connectivity index (χ0) is 18.4. The van der Waals surface area contributed by atoms with E-state index in [2.05, 4.69) is 30.3 Å². The Morgan fingerprint density at radius 3 is 2.00 bits per heavy atom. The lowest BCUT2D eigenvalue weighted by Gasteiger charge is -2.13. The molecular formula is C24H24O2. The molecule has 0 spiro atoms. The van der Waals surface area contributed by atoms with Gasteiger partial charge in [-0.2, -0.15) is 0 Å². The van der Waals surface area contributed by atoms with E-state index in [1.165, 1.54) is 5.56 Å². The van der Waals surface area contributed by atoms with E-state index in [0.717, 1.165) is 29.5 Å². The molecule has 0 aliphatic carbocycles. The van der Waals surface area contributed by atoms with Crippen LogP contribution in [0.2, 0.25) is 0 Å². The number of hydrogen-bond donors (Lipinski definition) is 2. The lowest BCUT2D eigenvalue weighted by Crippen LogP contribution is -1.94. The normalized spacial score (nSPS) is 11.5. The fraction of sp³-hybridized carbons (Fsp3) is 0.167. The van der Waals surface area contributed by atoms with Crippen LogP contribution in [0.25, 0.3) is 11.6 Å². The van der Waals surface area contributed by atoms with Crippen LogP contribution in [0.4, 0.5) is 0 Å². The molecule has 3 aromatic carbocycles. The van der Waals surface area contributed by atoms with Gasteiger partial charge in [-0.3, -0.25) is 0 Å². The van der Waals surface area contributed by atoms with Crippen molar-refractivity contribution in [1.29, 1.82) is 0 Å². The molecule has 0 fully saturated rings. The molecule has 2 heteroatoms. The molecule has 3 aromatic rings. The maximum atomic E-state index is 10.4. The van der Waals surface area contributed by atoms with Crippen molar-refractivity contribution >= 4 is 11.6 Å². The predicted molar refractivity (Wildman–Crippen MR) is 108 cm³/mol. The molecule has 26 heavy (non-hydrogen) atoms. The predicted octanol–water partition coefficient (Wildman–Crippen LogP) is 5.83. The Labute approximate surface area is 155 Å². The van der Waals surface area contributed by atoms with Gasteiger partial charge in [0.15, 0.2) is 0 Å². The number of aromatic hydroxyl groups is 2. The van der Waals surface area contributed by atoms with Crippen LogP contribution in [-0.2, 0) is 12.8 Å². The number of phenols is 2. The molecule has 0 saturated heterocycles. The van der Waals surface area contributed by atoms with Crippen molar-refractivity contribution in [2.24, 2.45) is 0 Å². The first-order chi connectivity index (χ1) is 12.7. The lowest BCUT2D eigenvalue weighted by molar-refractivity contribution is 0.437. The molecule has 0 unspecified atom stereocenters. The maximum absolute atomic E-state index is 10.4. The van der Waals surface area contributed by atoms with Crippen LogP contribution < -0.4 is 0 Å². The van der Waals surface area contributed by atoms with Crippen LogP contribution in [0, 0.1) is 0 Å². The van der Waals surface area contributed by atoms with E-state index >= 15 is 0 Å². The second kappa shape index (κ2) is 8.39. The summed E-state index contributed by atoms with van der Waals surface area (Å²) >= 11 is 0. The van der Waals surface area contributed by atoms with Crippen molar-refractivity contribution in [3.63, 3.8) is 0 Å². The van der Waals surface area contributed by atoms with Gasteiger partial charge in [-0.15, -0.1) is 0 Å². The summed E-state index contributed by atoms with van der Waals surface area (Å²) in [6.45, 7) is 2.03. The van der Waals surface area contributed by atoms with Crippen molar-refractivity contribution in [3.05, 3.63) is 95.1 Å². The highest BCUT2D eigenvalue weighted by molar-refractivity contribution is 5.84. The topological polar surface area (TPSA) is 40.5 Å². The van der Waals surface area contributed by atoms with Crippen molar-refractivity contribution < 1.29 is 10.2 Å². The summed E-state index contributed by atoms with van der Waals surface area (Å²) in [4.78, 5) is 0. The average Bonchev–Trinajstić information content (AvgIpc) is 2.66. The van der Waals surface area contributed by atoms with Gasteiger partial charge in [-0.05, 0) is 47.2 Å². The summed E-state index contributed by atoms with van der Waals surface area (Å²) in [5, 5.41) is 20.8. The zero-order valence-electron chi connectivity index (χ0n) is 15.0. The standard InChI is InChI=1S/C24H24O2/c1-2-9-22-23(25)16-21(17-24(22)26)20(14-18-10-5-3-6-11-18)15-19-12-7-4-8-13-19/h3-8,10-14,16-17,25-26H,2,9,15H2,1H3. The first-order valence-electron chi connectivity index (χ1n) is 9.02. The highest BCUT2D eigenvalue weighted by Gasteiger charge is 2.12. The lowest BCUT2D eigenvalue weighted by atomic mass is 9.94. The van der Waals surface area contributed by atoms with E-state index in [-0.39, 0.29) is 11.5 Å². The quantitative estimate of drug-likeness (QED) is 0.552. The van der Waals surface area contributed by atoms with Gasteiger partial charge in [0.2, 0.25) is 0 Å². The van der Waals surface area contributed by atoms with Gasteiger partial charge in [-0.25, -0.2) is 0 Å². The summed E-state index contributed by atoms with van der Waals surface area (Å²) in [6, 6.07) is 23.9. The van der Waals surface area contributed by atoms with E-state index in [9.17, 15) is 10.2 Å². The second-order valence-corrected chi connectivity index (χ2v) is 6.49. The SMILES string of the molecule is CCCc1c(O)cc(C(=Cc2ccccc2)Cc2ccccc2)cc1O. The first-order valence-corrected chi connectivity index (χ1v) is 9.02. The fourth-order valence-corrected chi connectivity index (χ4v) is 3.14. The Morgan fingerprint density at radius 1 is 0.846 bits per heavy atom. The van der Waals surface area contributed by atoms with Gasteiger partial charge >= 0.3 is 0 Å². The Kier molecular flexibility index (Phi) is 5.75. The fourth-order valence-electron chi connectivity index (χ4n) is 3.14. The summed E-state index contributed by atoms with van der Waals surface area (Å²) in [6.07, 6.45) is 4.37. The van der Waals surface area contributed by atoms with Gasteiger partial charge in [0, 0.05) is 5.56 Å². The van der Waals surface area contributed by atoms with Crippen LogP contribution in [0.1, 0.15) is 35.6 Å². The first kappa shape index (κ1) is 17.8. The minimum atomic E-state index is 0.161. The summed E-state index contributed by atoms with van der Waals surface area (Å²) in [5.41, 5.74) is 4.79. The third-order valence-corrected chi connectivity index (χ3v) is 4.45. The average molecular weight is 344 g/mol. The maximum Gasteiger partial charge on any atom is 0.123 e. The van der Waals surface area contributed by atoms with Crippen LogP contribution in [-0.4, -0.2) is 10.2 Å². The number of allylic oxidation sites excluding steroid dienone is 1. The van der Waals surface area contributed by atoms with E-state index in [1.807, 2.05) is 43.3 Å². The minimum absolute atomic E-state index is 0.161. The Balaban J connectivity index is 2.04. The molecular weight excluding hydrogens is 320 g/mol. The molecule has 0 atom stereocenters. The van der Waals surface area contributed by atoms with Gasteiger partial charge in [0.05, 0.1) is 0 Å². The van der Waals surface area contributed by atoms with Crippen LogP contribution >= 0.6 is 0 Å². The van der Waals surface area contributed by atoms with Crippen LogP contribution in [0.15, 0.2) is 72.8 Å². The van der Waals surface area contributed by atoms with Gasteiger partial charge in [0.1, 0.15) is 11.5 Å². The monoisotopic (exact) mass is 344 g/mol. The highest BCUT2D eigenvalue weighted by Crippen LogP contribution is 2.34. The van der Waals surface area contributed by atoms with E-state index in [4.69, 9.17) is 0 Å². The molecule has 132 valence electrons. The van der Waals surface area contributed by atoms with E-state index in [1.54, 1.807) is 12.1 Å². The Morgan fingerprint density at radius 2 is 1.42 bits per heavy atom. The smallest absolute Gasteiger partial charge is 0.123 e. The van der Waals surface area contributed by atoms with E-state index < -0.39 is 0 Å². The molecule has 0 aliphatic rings. The number of phenolic OH excluding ortho intramolecular Hbond substituents is 2. The van der Waals surface area contributed by atoms with Gasteiger partial charge in [-0.1, -0.05) is 80.1 Å². The third-order valence-electron chi connectivity index (χ3n) is 4.45. The van der Waals surface area contributed by atoms with Crippen LogP contribution in [0.3, 0.4) is 0 Å². The van der Waals surface area contributed by atoms with Crippen LogP contribution in [0.5, 0.6) is 11.5 Å². The molecule has 0 radical (unpaired) electrons. The molecule has 2 nitrogen and oxygen atoms in total. The number of rotatable bonds is 6. The third kappa shape index (κ3) is 4.34.